The van der Waals surface area contributed by atoms with Gasteiger partial charge in [0.05, 0.1) is 5.56 Å². The number of hydrogen-bond donors (Lipinski definition) is 9. The van der Waals surface area contributed by atoms with Gasteiger partial charge < -0.3 is 52.1 Å². The zero-order valence-corrected chi connectivity index (χ0v) is 65.8. The second-order valence-electron chi connectivity index (χ2n) is 24.1. The lowest BCUT2D eigenvalue weighted by atomic mass is 10.2. The topological polar surface area (TPSA) is 417 Å². The van der Waals surface area contributed by atoms with Gasteiger partial charge in [0.1, 0.15) is 18.0 Å². The maximum Gasteiger partial charge on any atom is 0.343 e. The molecule has 9 N–H and O–H groups in total. The lowest BCUT2D eigenvalue weighted by Crippen LogP contribution is -2.31. The van der Waals surface area contributed by atoms with Gasteiger partial charge in [-0.15, -0.1) is 0 Å². The molecule has 0 aliphatic carbocycles. The van der Waals surface area contributed by atoms with E-state index in [-0.39, 0.29) is 43.6 Å². The van der Waals surface area contributed by atoms with Gasteiger partial charge in [0.15, 0.2) is 5.75 Å². The number of halogens is 1. The lowest BCUT2D eigenvalue weighted by molar-refractivity contribution is -0.140. The first kappa shape index (κ1) is 98.2. The van der Waals surface area contributed by atoms with Crippen molar-refractivity contribution < 1.29 is 95.5 Å². The molecule has 0 fully saturated rings. The Labute approximate surface area is 676 Å². The van der Waals surface area contributed by atoms with Gasteiger partial charge in [-0.3, -0.25) is 76.7 Å². The molecule has 612 valence electrons. The van der Waals surface area contributed by atoms with E-state index >= 15 is 0 Å². The summed E-state index contributed by atoms with van der Waals surface area (Å²) in [5.74, 6) is -7.95. The summed E-state index contributed by atoms with van der Waals surface area (Å²) in [7, 11) is 1.51. The Morgan fingerprint density at radius 1 is 0.282 bits per heavy atom. The van der Waals surface area contributed by atoms with Crippen LogP contribution in [-0.2, 0) is 123 Å². The van der Waals surface area contributed by atoms with E-state index in [1.165, 1.54) is 60.7 Å². The maximum atomic E-state index is 12.5. The van der Waals surface area contributed by atoms with Crippen molar-refractivity contribution in [1.29, 1.82) is 0 Å². The van der Waals surface area contributed by atoms with E-state index < -0.39 is 87.8 Å². The van der Waals surface area contributed by atoms with E-state index in [2.05, 4.69) is 42.5 Å². The number of amides is 9. The highest BCUT2D eigenvalue weighted by molar-refractivity contribution is 6.37. The van der Waals surface area contributed by atoms with Crippen LogP contribution < -0.4 is 57.6 Å². The summed E-state index contributed by atoms with van der Waals surface area (Å²) in [5.41, 5.74) is 8.99. The molecule has 0 heterocycles. The molecule has 9 aromatic rings. The quantitative estimate of drug-likeness (QED) is 0.00732. The highest BCUT2D eigenvalue weighted by atomic mass is 19.1. The number of nitrogens with one attached hydrogen (secondary N) is 9. The van der Waals surface area contributed by atoms with Gasteiger partial charge in [-0.25, -0.2) is 9.18 Å². The molecule has 9 rings (SSSR count). The van der Waals surface area contributed by atoms with E-state index in [4.69, 9.17) is 9.57 Å². The van der Waals surface area contributed by atoms with Gasteiger partial charge in [-0.1, -0.05) is 219 Å². The van der Waals surface area contributed by atoms with Crippen LogP contribution in [0.5, 0.6) is 11.5 Å². The normalized spacial score (nSPS) is 9.44. The van der Waals surface area contributed by atoms with Crippen LogP contribution in [0.3, 0.4) is 0 Å². The molecule has 0 spiro atoms. The van der Waals surface area contributed by atoms with Gasteiger partial charge in [-0.05, 0) is 87.5 Å². The summed E-state index contributed by atoms with van der Waals surface area (Å²) in [6, 6.07) is 77.2. The Balaban J connectivity index is 0.000000458. The molecule has 0 atom stereocenters. The van der Waals surface area contributed by atoms with Crippen molar-refractivity contribution in [3.05, 3.63) is 311 Å². The molecule has 117 heavy (non-hydrogen) atoms. The van der Waals surface area contributed by atoms with Crippen LogP contribution >= 0.6 is 0 Å². The Bertz CT molecular complexity index is 4290. The van der Waals surface area contributed by atoms with Crippen molar-refractivity contribution in [2.75, 3.05) is 7.05 Å². The molecule has 28 nitrogen and oxygen atoms in total. The van der Waals surface area contributed by atoms with Crippen LogP contribution in [0.1, 0.15) is 111 Å². The van der Waals surface area contributed by atoms with Crippen LogP contribution in [0.2, 0.25) is 0 Å². The van der Waals surface area contributed by atoms with E-state index in [1.807, 2.05) is 169 Å². The largest absolute Gasteiger partial charge is 0.423 e. The highest BCUT2D eigenvalue weighted by Gasteiger charge is 2.14. The van der Waals surface area contributed by atoms with E-state index in [9.17, 15) is 85.9 Å². The molecule has 29 heteroatoms. The van der Waals surface area contributed by atoms with Crippen LogP contribution in [-0.4, -0.2) is 107 Å². The predicted molar refractivity (Wildman–Crippen MR) is 433 cm³/mol. The summed E-state index contributed by atoms with van der Waals surface area (Å²) in [6.07, 6.45) is 0.0591. The Kier molecular flexibility index (Phi) is 48.7. The highest BCUT2D eigenvalue weighted by Crippen LogP contribution is 2.15. The fourth-order valence-electron chi connectivity index (χ4n) is 8.14. The molecule has 9 aromatic carbocycles. The second-order valence-corrected chi connectivity index (χ2v) is 24.1. The first-order valence-electron chi connectivity index (χ1n) is 36.0. The third-order valence-corrected chi connectivity index (χ3v) is 14.6. The number of carbonyl (C=O) groups is 17. The number of para-hydroxylation sites is 1. The summed E-state index contributed by atoms with van der Waals surface area (Å²) in [6.45, 7) is 11.5. The zero-order chi connectivity index (χ0) is 86.7. The predicted octanol–water partition coefficient (Wildman–Crippen LogP) is 8.22. The minimum atomic E-state index is -0.760. The van der Waals surface area contributed by atoms with Gasteiger partial charge in [0, 0.05) is 101 Å². The molecule has 0 bridgehead atoms. The number of ketones is 7. The van der Waals surface area contributed by atoms with E-state index in [0.717, 1.165) is 38.9 Å². The monoisotopic (exact) mass is 1600 g/mol. The Morgan fingerprint density at radius 2 is 0.538 bits per heavy atom. The van der Waals surface area contributed by atoms with E-state index in [1.54, 1.807) is 91.9 Å². The second kappa shape index (κ2) is 58.1. The number of carbonyl (C=O) groups excluding carboxylic acids is 17. The fraction of sp³-hybridized carbons (Fsp3) is 0.193. The average Bonchev–Trinajstić information content (AvgIpc) is 0.872. The standard InChI is InChI=1S/C18H17NO4.C11H14N2O2.C10H10FNO2.4C10H11NO2.C9H9NO3/c1-2-16(20)17(21)19-12-13-8-10-15(11-9-13)23-18(22)14-6-4-3-5-7-14;1-12-10(14)7-11(15)13-8-9-5-3-2-4-6-9;1-7(13)10(14)12-6-8-2-4-9(11)5-3-8;4*1-8(12)10(13)11-7-9-5-3-2-4-6-9;1-7(11)9(12)10-13-8-5-3-2-4-6-8/h3-11H,2,12H2,1H3,(H,19,21);2-6H,7-8H2,1H3,(H,12,14)(H,13,15);2-5H,6H2,1H3,(H,12,14);4*2-6H,7H2,1H3,(H,11,13);2-6H,1H3,(H,10,12). The number of hydrogen-bond acceptors (Lipinski definition) is 19. The first-order valence-corrected chi connectivity index (χ1v) is 36.0. The van der Waals surface area contributed by atoms with Crippen molar-refractivity contribution in [2.45, 2.75) is 107 Å². The van der Waals surface area contributed by atoms with Crippen molar-refractivity contribution in [2.24, 2.45) is 0 Å². The van der Waals surface area contributed by atoms with E-state index in [0.29, 0.717) is 49.8 Å². The summed E-state index contributed by atoms with van der Waals surface area (Å²) >= 11 is 0. The molecule has 0 unspecified atom stereocenters. The number of esters is 1. The first-order chi connectivity index (χ1) is 55.9. The summed E-state index contributed by atoms with van der Waals surface area (Å²) in [4.78, 5) is 190. The van der Waals surface area contributed by atoms with Crippen LogP contribution in [0.25, 0.3) is 0 Å². The van der Waals surface area contributed by atoms with Crippen molar-refractivity contribution in [1.82, 2.24) is 48.0 Å². The number of ether oxygens (including phenoxy) is 1. The van der Waals surface area contributed by atoms with Crippen molar-refractivity contribution in [3.63, 3.8) is 0 Å². The molecule has 0 aliphatic rings. The summed E-state index contributed by atoms with van der Waals surface area (Å²) in [5, 5.41) is 20.0. The molecule has 0 aliphatic heterocycles. The maximum absolute atomic E-state index is 12.5. The minimum absolute atomic E-state index is 0.122. The lowest BCUT2D eigenvalue weighted by Gasteiger charge is -2.07. The van der Waals surface area contributed by atoms with Crippen LogP contribution in [0.4, 0.5) is 4.39 Å². The van der Waals surface area contributed by atoms with Gasteiger partial charge in [0.2, 0.25) is 52.3 Å². The number of benzene rings is 9. The Morgan fingerprint density at radius 3 is 0.821 bits per heavy atom. The zero-order valence-electron chi connectivity index (χ0n) is 65.8. The smallest absolute Gasteiger partial charge is 0.343 e. The van der Waals surface area contributed by atoms with Crippen LogP contribution in [0, 0.1) is 5.82 Å². The number of rotatable bonds is 28. The van der Waals surface area contributed by atoms with Crippen molar-refractivity contribution in [3.8, 4) is 11.5 Å². The molecule has 0 saturated heterocycles. The third-order valence-electron chi connectivity index (χ3n) is 14.6. The van der Waals surface area contributed by atoms with Gasteiger partial charge in [-0.2, -0.15) is 5.48 Å². The Hall–Kier alpha value is -14.9. The van der Waals surface area contributed by atoms with Gasteiger partial charge in [0.25, 0.3) is 35.4 Å². The molecule has 0 aromatic heterocycles. The molecule has 9 amide bonds. The number of hydroxylamine groups is 1. The average molecular weight is 1600 g/mol. The third kappa shape index (κ3) is 47.2. The van der Waals surface area contributed by atoms with Gasteiger partial charge >= 0.3 is 11.9 Å². The molecular formula is C88H94FN9O19. The molecule has 0 radical (unpaired) electrons. The molecule has 0 saturated carbocycles. The molecular weight excluding hydrogens is 1510 g/mol. The summed E-state index contributed by atoms with van der Waals surface area (Å²) < 4.78 is 17.7. The minimum Gasteiger partial charge on any atom is -0.423 e. The SMILES string of the molecule is CC(=O)C(=O)NCc1ccc(F)cc1.CC(=O)C(=O)NCc1ccccc1.CC(=O)C(=O)NCc1ccccc1.CC(=O)C(=O)NCc1ccccc1.CC(=O)C(=O)NCc1ccccc1.CC(=O)C(=O)NOc1ccccc1.CCC(=O)C(=O)NCc1ccc(OC(=O)c2ccccc2)cc1.CNC(=O)CC(=O)NCc1ccccc1. The number of Topliss-reactive ketones (excluding diaryl/α,β-unsaturated/α-hetero) is 7. The van der Waals surface area contributed by atoms with Crippen LogP contribution in [0.15, 0.2) is 261 Å². The fourth-order valence-corrected chi connectivity index (χ4v) is 8.14. The van der Waals surface area contributed by atoms with Crippen molar-refractivity contribution >= 4 is 99.6 Å².